The molecule has 4 amide bonds. The molecule has 25 heavy (non-hydrogen) atoms. The van der Waals surface area contributed by atoms with Crippen molar-refractivity contribution in [2.45, 2.75) is 18.9 Å². The molecule has 0 spiro atoms. The summed E-state index contributed by atoms with van der Waals surface area (Å²) in [6, 6.07) is 13.4. The summed E-state index contributed by atoms with van der Waals surface area (Å²) in [5.74, 6) is -0.343. The van der Waals surface area contributed by atoms with E-state index in [1.54, 1.807) is 24.4 Å². The molecular weight excluding hydrogens is 320 g/mol. The zero-order chi connectivity index (χ0) is 17.6. The Morgan fingerprint density at radius 1 is 1.12 bits per heavy atom. The third-order valence-electron chi connectivity index (χ3n) is 3.90. The van der Waals surface area contributed by atoms with Gasteiger partial charge in [-0.05, 0) is 24.1 Å². The zero-order valence-corrected chi connectivity index (χ0v) is 13.5. The smallest absolute Gasteiger partial charge is 0.324 e. The van der Waals surface area contributed by atoms with Crippen LogP contribution in [-0.2, 0) is 16.0 Å². The summed E-state index contributed by atoms with van der Waals surface area (Å²) in [4.78, 5) is 41.6. The van der Waals surface area contributed by atoms with Gasteiger partial charge >= 0.3 is 6.03 Å². The van der Waals surface area contributed by atoms with E-state index in [4.69, 9.17) is 0 Å². The number of urea groups is 1. The highest BCUT2D eigenvalue weighted by Crippen LogP contribution is 2.12. The summed E-state index contributed by atoms with van der Waals surface area (Å²) in [7, 11) is 0. The number of pyridine rings is 1. The number of hydrogen-bond donors (Lipinski definition) is 2. The molecule has 0 aliphatic carbocycles. The summed E-state index contributed by atoms with van der Waals surface area (Å²) < 4.78 is 0. The molecule has 0 radical (unpaired) electrons. The van der Waals surface area contributed by atoms with Crippen molar-refractivity contribution in [1.82, 2.24) is 15.2 Å². The first-order valence-electron chi connectivity index (χ1n) is 8.00. The van der Waals surface area contributed by atoms with Crippen LogP contribution in [0.2, 0.25) is 0 Å². The van der Waals surface area contributed by atoms with Gasteiger partial charge in [-0.25, -0.2) is 9.78 Å². The van der Waals surface area contributed by atoms with Crippen LogP contribution in [0.15, 0.2) is 54.7 Å². The van der Waals surface area contributed by atoms with Crippen molar-refractivity contribution in [3.8, 4) is 0 Å². The van der Waals surface area contributed by atoms with Crippen LogP contribution in [0.25, 0.3) is 0 Å². The Labute approximate surface area is 145 Å². The largest absolute Gasteiger partial charge is 0.325 e. The summed E-state index contributed by atoms with van der Waals surface area (Å²) in [5.41, 5.74) is 1.04. The lowest BCUT2D eigenvalue weighted by atomic mass is 10.1. The Balaban J connectivity index is 1.54. The van der Waals surface area contributed by atoms with Crippen LogP contribution < -0.4 is 10.6 Å². The van der Waals surface area contributed by atoms with Crippen molar-refractivity contribution in [2.75, 3.05) is 11.9 Å². The lowest BCUT2D eigenvalue weighted by Crippen LogP contribution is -2.35. The van der Waals surface area contributed by atoms with Crippen LogP contribution in [0.3, 0.4) is 0 Å². The average Bonchev–Trinajstić information content (AvgIpc) is 2.88. The number of carbonyl (C=O) groups excluding carboxylic acids is 3. The Morgan fingerprint density at radius 3 is 2.60 bits per heavy atom. The second kappa shape index (κ2) is 7.57. The Morgan fingerprint density at radius 2 is 1.88 bits per heavy atom. The van der Waals surface area contributed by atoms with Gasteiger partial charge in [0.25, 0.3) is 5.91 Å². The third-order valence-corrected chi connectivity index (χ3v) is 3.90. The highest BCUT2D eigenvalue weighted by atomic mass is 16.2. The van der Waals surface area contributed by atoms with Gasteiger partial charge in [0.1, 0.15) is 11.9 Å². The average molecular weight is 338 g/mol. The van der Waals surface area contributed by atoms with Crippen LogP contribution >= 0.6 is 0 Å². The molecule has 7 heteroatoms. The van der Waals surface area contributed by atoms with Crippen LogP contribution in [-0.4, -0.2) is 40.3 Å². The van der Waals surface area contributed by atoms with Crippen LogP contribution in [0.1, 0.15) is 12.0 Å². The number of carbonyl (C=O) groups is 3. The molecular formula is C18H18N4O3. The number of nitrogens with one attached hydrogen (secondary N) is 2. The molecule has 1 aliphatic rings. The van der Waals surface area contributed by atoms with Crippen LogP contribution in [0, 0.1) is 0 Å². The number of hydrogen-bond acceptors (Lipinski definition) is 4. The molecule has 1 atom stereocenters. The minimum atomic E-state index is -0.841. The fourth-order valence-electron chi connectivity index (χ4n) is 2.63. The van der Waals surface area contributed by atoms with Gasteiger partial charge in [0, 0.05) is 12.7 Å². The predicted molar refractivity (Wildman–Crippen MR) is 91.7 cm³/mol. The van der Waals surface area contributed by atoms with E-state index in [1.165, 1.54) is 0 Å². The number of imide groups is 1. The first-order valence-corrected chi connectivity index (χ1v) is 8.00. The summed E-state index contributed by atoms with van der Waals surface area (Å²) in [5, 5.41) is 5.17. The van der Waals surface area contributed by atoms with Crippen LogP contribution in [0.4, 0.5) is 10.6 Å². The van der Waals surface area contributed by atoms with Crippen molar-refractivity contribution >= 4 is 23.7 Å². The molecule has 1 saturated heterocycles. The lowest BCUT2D eigenvalue weighted by molar-refractivity contribution is -0.129. The molecule has 1 aromatic heterocycles. The van der Waals surface area contributed by atoms with Gasteiger partial charge in [-0.2, -0.15) is 0 Å². The molecule has 0 bridgehead atoms. The zero-order valence-electron chi connectivity index (χ0n) is 13.5. The number of benzene rings is 1. The quantitative estimate of drug-likeness (QED) is 0.782. The minimum absolute atomic E-state index is 0.122. The van der Waals surface area contributed by atoms with E-state index in [-0.39, 0.29) is 24.8 Å². The molecule has 2 aromatic rings. The number of nitrogens with zero attached hydrogens (tertiary/aromatic N) is 2. The van der Waals surface area contributed by atoms with E-state index in [2.05, 4.69) is 15.6 Å². The van der Waals surface area contributed by atoms with Gasteiger partial charge in [-0.15, -0.1) is 0 Å². The molecule has 3 rings (SSSR count). The third kappa shape index (κ3) is 4.20. The molecule has 1 aromatic carbocycles. The van der Waals surface area contributed by atoms with E-state index in [0.717, 1.165) is 10.5 Å². The van der Waals surface area contributed by atoms with Crippen molar-refractivity contribution in [2.24, 2.45) is 0 Å². The fraction of sp³-hybridized carbons (Fsp3) is 0.222. The van der Waals surface area contributed by atoms with Gasteiger partial charge in [0.05, 0.1) is 6.42 Å². The lowest BCUT2D eigenvalue weighted by Gasteiger charge is -2.13. The molecule has 0 saturated carbocycles. The predicted octanol–water partition coefficient (Wildman–Crippen LogP) is 1.57. The summed E-state index contributed by atoms with van der Waals surface area (Å²) in [6.07, 6.45) is 2.01. The van der Waals surface area contributed by atoms with Crippen molar-refractivity contribution < 1.29 is 14.4 Å². The normalized spacial score (nSPS) is 16.6. The van der Waals surface area contributed by atoms with Crippen molar-refractivity contribution in [3.63, 3.8) is 0 Å². The maximum absolute atomic E-state index is 12.4. The van der Waals surface area contributed by atoms with Crippen molar-refractivity contribution in [1.29, 1.82) is 0 Å². The Hall–Kier alpha value is -3.22. The SMILES string of the molecule is O=C(C[C@H]1NC(=O)N(CCc2ccccc2)C1=O)Nc1ccccn1. The number of rotatable bonds is 6. The second-order valence-electron chi connectivity index (χ2n) is 5.69. The van der Waals surface area contributed by atoms with Crippen molar-refractivity contribution in [3.05, 3.63) is 60.3 Å². The Kier molecular flexibility index (Phi) is 5.03. The van der Waals surface area contributed by atoms with E-state index >= 15 is 0 Å². The highest BCUT2D eigenvalue weighted by Gasteiger charge is 2.38. The first kappa shape index (κ1) is 16.6. The van der Waals surface area contributed by atoms with E-state index in [0.29, 0.717) is 12.2 Å². The van der Waals surface area contributed by atoms with Gasteiger partial charge < -0.3 is 10.6 Å². The molecule has 0 unspecified atom stereocenters. The molecule has 1 fully saturated rings. The summed E-state index contributed by atoms with van der Waals surface area (Å²) >= 11 is 0. The van der Waals surface area contributed by atoms with Gasteiger partial charge in [-0.3, -0.25) is 14.5 Å². The van der Waals surface area contributed by atoms with Gasteiger partial charge in [0.15, 0.2) is 0 Å². The number of aromatic nitrogens is 1. The maximum Gasteiger partial charge on any atom is 0.324 e. The van der Waals surface area contributed by atoms with E-state index in [1.807, 2.05) is 30.3 Å². The molecule has 1 aliphatic heterocycles. The topological polar surface area (TPSA) is 91.4 Å². The second-order valence-corrected chi connectivity index (χ2v) is 5.69. The van der Waals surface area contributed by atoms with Crippen LogP contribution in [0.5, 0.6) is 0 Å². The number of amides is 4. The minimum Gasteiger partial charge on any atom is -0.325 e. The van der Waals surface area contributed by atoms with E-state index < -0.39 is 12.1 Å². The molecule has 2 heterocycles. The maximum atomic E-state index is 12.4. The Bertz CT molecular complexity index is 764. The van der Waals surface area contributed by atoms with E-state index in [9.17, 15) is 14.4 Å². The number of anilines is 1. The standard InChI is InChI=1S/C18H18N4O3/c23-16(21-15-8-4-5-10-19-15)12-14-17(24)22(18(25)20-14)11-9-13-6-2-1-3-7-13/h1-8,10,14H,9,11-12H2,(H,20,25)(H,19,21,23)/t14-/m1/s1. The molecule has 7 nitrogen and oxygen atoms in total. The van der Waals surface area contributed by atoms with Gasteiger partial charge in [0.2, 0.25) is 5.91 Å². The molecule has 2 N–H and O–H groups in total. The van der Waals surface area contributed by atoms with Gasteiger partial charge in [-0.1, -0.05) is 36.4 Å². The molecule has 128 valence electrons. The first-order chi connectivity index (χ1) is 12.1. The monoisotopic (exact) mass is 338 g/mol. The fourth-order valence-corrected chi connectivity index (χ4v) is 2.63. The highest BCUT2D eigenvalue weighted by molar-refractivity contribution is 6.06. The summed E-state index contributed by atoms with van der Waals surface area (Å²) in [6.45, 7) is 0.285.